The van der Waals surface area contributed by atoms with Crippen LogP contribution in [0.25, 0.3) is 0 Å². The number of carbonyl (C=O) groups excluding carboxylic acids is 1. The number of halogens is 2. The maximum atomic E-state index is 13.3. The van der Waals surface area contributed by atoms with Crippen LogP contribution in [0.2, 0.25) is 0 Å². The second-order valence-corrected chi connectivity index (χ2v) is 6.49. The first kappa shape index (κ1) is 20.4. The van der Waals surface area contributed by atoms with Gasteiger partial charge in [-0.1, -0.05) is 42.5 Å². The smallest absolute Gasteiger partial charge is 0.221 e. The van der Waals surface area contributed by atoms with Gasteiger partial charge in [-0.2, -0.15) is 0 Å². The van der Waals surface area contributed by atoms with E-state index in [1.807, 2.05) is 36.4 Å². The van der Waals surface area contributed by atoms with Crippen molar-refractivity contribution in [3.8, 4) is 0 Å². The zero-order valence-corrected chi connectivity index (χ0v) is 15.3. The Morgan fingerprint density at radius 2 is 2.00 bits per heavy atom. The molecule has 0 aliphatic carbocycles. The Morgan fingerprint density at radius 1 is 1.23 bits per heavy atom. The van der Waals surface area contributed by atoms with Crippen molar-refractivity contribution in [2.24, 2.45) is 0 Å². The topological polar surface area (TPSA) is 61.4 Å². The van der Waals surface area contributed by atoms with Crippen molar-refractivity contribution >= 4 is 18.3 Å². The van der Waals surface area contributed by atoms with Crippen LogP contribution in [0.4, 0.5) is 4.39 Å². The van der Waals surface area contributed by atoms with E-state index in [0.717, 1.165) is 17.7 Å². The summed E-state index contributed by atoms with van der Waals surface area (Å²) in [6.45, 7) is 1.15. The largest absolute Gasteiger partial charge is 0.389 e. The Bertz CT molecular complexity index is 729. The molecule has 26 heavy (non-hydrogen) atoms. The number of rotatable bonds is 5. The molecule has 140 valence electrons. The highest BCUT2D eigenvalue weighted by Gasteiger charge is 2.42. The lowest BCUT2D eigenvalue weighted by Gasteiger charge is -2.43. The quantitative estimate of drug-likeness (QED) is 0.749. The van der Waals surface area contributed by atoms with Crippen molar-refractivity contribution in [1.29, 1.82) is 0 Å². The van der Waals surface area contributed by atoms with E-state index < -0.39 is 11.6 Å². The van der Waals surface area contributed by atoms with Gasteiger partial charge in [-0.15, -0.1) is 12.4 Å². The molecule has 1 aliphatic heterocycles. The second kappa shape index (κ2) is 9.12. The van der Waals surface area contributed by atoms with Crippen molar-refractivity contribution in [1.82, 2.24) is 10.6 Å². The van der Waals surface area contributed by atoms with E-state index in [0.29, 0.717) is 19.4 Å². The molecule has 0 unspecified atom stereocenters. The maximum absolute atomic E-state index is 13.3. The normalized spacial score (nSPS) is 22.3. The average Bonchev–Trinajstić information content (AvgIpc) is 2.63. The fourth-order valence-electron chi connectivity index (χ4n) is 3.42. The molecular formula is C20H24ClFN2O2. The lowest BCUT2D eigenvalue weighted by Crippen LogP contribution is -2.61. The molecule has 0 saturated carbocycles. The van der Waals surface area contributed by atoms with Crippen LogP contribution in [-0.2, 0) is 16.8 Å². The maximum Gasteiger partial charge on any atom is 0.221 e. The van der Waals surface area contributed by atoms with Crippen LogP contribution in [-0.4, -0.2) is 30.2 Å². The standard InChI is InChI=1S/C20H23FN2O2.ClH/c21-17-8-4-5-15(13-17)9-10-19(25)23-20(11-12-22-14-18(20)24)16-6-2-1-3-7-16;/h1-8,13,18,22,24H,9-12,14H2,(H,23,25);1H/t18-,20+;/m1./s1. The number of amides is 1. The summed E-state index contributed by atoms with van der Waals surface area (Å²) in [5, 5.41) is 16.8. The minimum Gasteiger partial charge on any atom is -0.389 e. The first-order valence-corrected chi connectivity index (χ1v) is 8.60. The van der Waals surface area contributed by atoms with Crippen LogP contribution in [0, 0.1) is 5.82 Å². The summed E-state index contributed by atoms with van der Waals surface area (Å²) in [5.74, 6) is -0.443. The number of aliphatic hydroxyl groups excluding tert-OH is 1. The molecule has 6 heteroatoms. The molecule has 0 aromatic heterocycles. The van der Waals surface area contributed by atoms with Crippen molar-refractivity contribution < 1.29 is 14.3 Å². The average molecular weight is 379 g/mol. The van der Waals surface area contributed by atoms with Gasteiger partial charge in [-0.05, 0) is 42.6 Å². The first-order valence-electron chi connectivity index (χ1n) is 8.60. The zero-order valence-electron chi connectivity index (χ0n) is 14.5. The highest BCUT2D eigenvalue weighted by atomic mass is 35.5. The van der Waals surface area contributed by atoms with E-state index in [1.54, 1.807) is 6.07 Å². The van der Waals surface area contributed by atoms with Gasteiger partial charge in [0.25, 0.3) is 0 Å². The summed E-state index contributed by atoms with van der Waals surface area (Å²) in [5.41, 5.74) is 0.906. The minimum absolute atomic E-state index is 0. The molecule has 0 bridgehead atoms. The Morgan fingerprint density at radius 3 is 2.69 bits per heavy atom. The van der Waals surface area contributed by atoms with Gasteiger partial charge >= 0.3 is 0 Å². The van der Waals surface area contributed by atoms with Gasteiger partial charge in [0.15, 0.2) is 0 Å². The molecule has 4 nitrogen and oxygen atoms in total. The van der Waals surface area contributed by atoms with Crippen LogP contribution in [0.5, 0.6) is 0 Å². The van der Waals surface area contributed by atoms with Crippen molar-refractivity contribution in [2.45, 2.75) is 30.9 Å². The third kappa shape index (κ3) is 4.61. The Labute approximate surface area is 159 Å². The van der Waals surface area contributed by atoms with E-state index in [4.69, 9.17) is 0 Å². The number of hydrogen-bond acceptors (Lipinski definition) is 3. The Balaban J connectivity index is 0.00000243. The van der Waals surface area contributed by atoms with Gasteiger partial charge in [-0.3, -0.25) is 4.79 Å². The molecular weight excluding hydrogens is 355 g/mol. The number of aliphatic hydroxyl groups is 1. The fraction of sp³-hybridized carbons (Fsp3) is 0.350. The highest BCUT2D eigenvalue weighted by Crippen LogP contribution is 2.31. The summed E-state index contributed by atoms with van der Waals surface area (Å²) in [6, 6.07) is 15.9. The first-order chi connectivity index (χ1) is 12.1. The van der Waals surface area contributed by atoms with Crippen molar-refractivity contribution in [2.75, 3.05) is 13.1 Å². The number of benzene rings is 2. The molecule has 0 radical (unpaired) electrons. The number of aryl methyl sites for hydroxylation is 1. The van der Waals surface area contributed by atoms with E-state index >= 15 is 0 Å². The SMILES string of the molecule is Cl.O=C(CCc1cccc(F)c1)N[C@]1(c2ccccc2)CCNC[C@H]1O. The lowest BCUT2D eigenvalue weighted by molar-refractivity contribution is -0.125. The van der Waals surface area contributed by atoms with E-state index in [9.17, 15) is 14.3 Å². The molecule has 1 amide bonds. The van der Waals surface area contributed by atoms with Crippen LogP contribution in [0.1, 0.15) is 24.0 Å². The molecule has 1 saturated heterocycles. The summed E-state index contributed by atoms with van der Waals surface area (Å²) in [6.07, 6.45) is 0.618. The van der Waals surface area contributed by atoms with Gasteiger partial charge in [0, 0.05) is 13.0 Å². The number of carbonyl (C=O) groups is 1. The van der Waals surface area contributed by atoms with Gasteiger partial charge < -0.3 is 15.7 Å². The Hall–Kier alpha value is -1.95. The Kier molecular flexibility index (Phi) is 7.14. The molecule has 3 N–H and O–H groups in total. The third-order valence-electron chi connectivity index (χ3n) is 4.78. The number of nitrogens with one attached hydrogen (secondary N) is 2. The summed E-state index contributed by atoms with van der Waals surface area (Å²) in [4.78, 5) is 12.6. The number of β-amino-alcohol motifs (C(OH)–C–C–N with tert-alkyl or cyclic N) is 1. The zero-order chi connectivity index (χ0) is 17.7. The minimum atomic E-state index is -0.786. The molecule has 2 atom stereocenters. The second-order valence-electron chi connectivity index (χ2n) is 6.49. The van der Waals surface area contributed by atoms with E-state index in [1.165, 1.54) is 12.1 Å². The lowest BCUT2D eigenvalue weighted by atomic mass is 9.79. The number of piperidine rings is 1. The van der Waals surface area contributed by atoms with Gasteiger partial charge in [0.05, 0.1) is 11.6 Å². The van der Waals surface area contributed by atoms with Crippen molar-refractivity contribution in [3.63, 3.8) is 0 Å². The highest BCUT2D eigenvalue weighted by molar-refractivity contribution is 5.85. The molecule has 0 spiro atoms. The number of hydrogen-bond donors (Lipinski definition) is 3. The summed E-state index contributed by atoms with van der Waals surface area (Å²) < 4.78 is 13.3. The fourth-order valence-corrected chi connectivity index (χ4v) is 3.42. The summed E-state index contributed by atoms with van der Waals surface area (Å²) >= 11 is 0. The van der Waals surface area contributed by atoms with Gasteiger partial charge in [-0.25, -0.2) is 4.39 Å². The molecule has 2 aromatic carbocycles. The van der Waals surface area contributed by atoms with E-state index in [2.05, 4.69) is 10.6 Å². The van der Waals surface area contributed by atoms with Crippen LogP contribution in [0.3, 0.4) is 0 Å². The van der Waals surface area contributed by atoms with Gasteiger partial charge in [0.1, 0.15) is 5.82 Å². The molecule has 2 aromatic rings. The monoisotopic (exact) mass is 378 g/mol. The van der Waals surface area contributed by atoms with Gasteiger partial charge in [0.2, 0.25) is 5.91 Å². The molecule has 1 heterocycles. The van der Waals surface area contributed by atoms with Crippen LogP contribution in [0.15, 0.2) is 54.6 Å². The third-order valence-corrected chi connectivity index (χ3v) is 4.78. The molecule has 1 fully saturated rings. The van der Waals surface area contributed by atoms with Crippen LogP contribution < -0.4 is 10.6 Å². The van der Waals surface area contributed by atoms with E-state index in [-0.39, 0.29) is 30.6 Å². The molecule has 1 aliphatic rings. The van der Waals surface area contributed by atoms with Crippen LogP contribution >= 0.6 is 12.4 Å². The predicted octanol–water partition coefficient (Wildman–Crippen LogP) is 2.55. The molecule has 3 rings (SSSR count). The van der Waals surface area contributed by atoms with Crippen molar-refractivity contribution in [3.05, 3.63) is 71.5 Å². The summed E-state index contributed by atoms with van der Waals surface area (Å²) in [7, 11) is 0. The predicted molar refractivity (Wildman–Crippen MR) is 102 cm³/mol.